The summed E-state index contributed by atoms with van der Waals surface area (Å²) in [4.78, 5) is 0. The van der Waals surface area contributed by atoms with Crippen molar-refractivity contribution < 1.29 is 0 Å². The molecule has 1 nitrogen and oxygen atoms in total. The first-order chi connectivity index (χ1) is 6.36. The molecule has 0 aromatic heterocycles. The summed E-state index contributed by atoms with van der Waals surface area (Å²) in [5.74, 6) is 0.688. The molecule has 1 aliphatic carbocycles. The molecule has 0 saturated carbocycles. The Kier molecular flexibility index (Phi) is 2.35. The molecular formula is C12H15N. The van der Waals surface area contributed by atoms with Gasteiger partial charge in [-0.05, 0) is 30.7 Å². The Hall–Kier alpha value is -1.24. The molecule has 0 saturated heterocycles. The zero-order valence-electron chi connectivity index (χ0n) is 7.74. The maximum atomic E-state index is 5.74. The molecule has 2 N–H and O–H groups in total. The van der Waals surface area contributed by atoms with Gasteiger partial charge in [0.2, 0.25) is 0 Å². The number of hydrogen-bond acceptors (Lipinski definition) is 1. The Morgan fingerprint density at radius 3 is 2.54 bits per heavy atom. The van der Waals surface area contributed by atoms with Gasteiger partial charge in [0.1, 0.15) is 0 Å². The van der Waals surface area contributed by atoms with Crippen molar-refractivity contribution in [1.82, 2.24) is 0 Å². The number of benzene rings is 1. The molecule has 68 valence electrons. The van der Waals surface area contributed by atoms with Crippen molar-refractivity contribution in [3.05, 3.63) is 47.7 Å². The SMILES string of the molecule is NC1=CCC(c2ccccc2)CC1. The van der Waals surface area contributed by atoms with Crippen LogP contribution in [-0.2, 0) is 0 Å². The zero-order chi connectivity index (χ0) is 9.10. The van der Waals surface area contributed by atoms with Crippen LogP contribution in [-0.4, -0.2) is 0 Å². The molecular weight excluding hydrogens is 158 g/mol. The van der Waals surface area contributed by atoms with Crippen molar-refractivity contribution in [2.45, 2.75) is 25.2 Å². The lowest BCUT2D eigenvalue weighted by Gasteiger charge is -2.20. The van der Waals surface area contributed by atoms with E-state index in [4.69, 9.17) is 5.73 Å². The van der Waals surface area contributed by atoms with E-state index in [0.29, 0.717) is 5.92 Å². The summed E-state index contributed by atoms with van der Waals surface area (Å²) in [5.41, 5.74) is 8.25. The minimum absolute atomic E-state index is 0.688. The van der Waals surface area contributed by atoms with E-state index < -0.39 is 0 Å². The van der Waals surface area contributed by atoms with Gasteiger partial charge in [0.05, 0.1) is 0 Å². The van der Waals surface area contributed by atoms with Crippen LogP contribution in [0.15, 0.2) is 42.1 Å². The van der Waals surface area contributed by atoms with Crippen molar-refractivity contribution in [3.63, 3.8) is 0 Å². The van der Waals surface area contributed by atoms with Crippen LogP contribution in [0.3, 0.4) is 0 Å². The maximum absolute atomic E-state index is 5.74. The zero-order valence-corrected chi connectivity index (χ0v) is 7.74. The molecule has 1 aliphatic rings. The fourth-order valence-corrected chi connectivity index (χ4v) is 1.88. The second-order valence-electron chi connectivity index (χ2n) is 3.66. The molecule has 0 fully saturated rings. The molecule has 1 heteroatoms. The van der Waals surface area contributed by atoms with Gasteiger partial charge >= 0.3 is 0 Å². The number of allylic oxidation sites excluding steroid dienone is 2. The summed E-state index contributed by atoms with van der Waals surface area (Å²) in [6.45, 7) is 0. The molecule has 0 amide bonds. The van der Waals surface area contributed by atoms with Crippen LogP contribution >= 0.6 is 0 Å². The van der Waals surface area contributed by atoms with E-state index in [1.54, 1.807) is 0 Å². The molecule has 1 atom stereocenters. The first kappa shape index (κ1) is 8.36. The third-order valence-corrected chi connectivity index (χ3v) is 2.72. The van der Waals surface area contributed by atoms with Gasteiger partial charge in [-0.2, -0.15) is 0 Å². The fraction of sp³-hybridized carbons (Fsp3) is 0.333. The quantitative estimate of drug-likeness (QED) is 0.694. The molecule has 0 heterocycles. The van der Waals surface area contributed by atoms with Gasteiger partial charge in [-0.3, -0.25) is 0 Å². The lowest BCUT2D eigenvalue weighted by molar-refractivity contribution is 0.596. The summed E-state index contributed by atoms with van der Waals surface area (Å²) < 4.78 is 0. The maximum Gasteiger partial charge on any atom is 0.00404 e. The average Bonchev–Trinajstić information content (AvgIpc) is 2.20. The highest BCUT2D eigenvalue weighted by Gasteiger charge is 2.13. The highest BCUT2D eigenvalue weighted by atomic mass is 14.6. The van der Waals surface area contributed by atoms with E-state index in [2.05, 4.69) is 36.4 Å². The van der Waals surface area contributed by atoms with Crippen molar-refractivity contribution in [1.29, 1.82) is 0 Å². The Morgan fingerprint density at radius 1 is 1.15 bits per heavy atom. The first-order valence-electron chi connectivity index (χ1n) is 4.86. The Labute approximate surface area is 79.3 Å². The molecule has 0 aliphatic heterocycles. The predicted molar refractivity (Wildman–Crippen MR) is 55.3 cm³/mol. The van der Waals surface area contributed by atoms with E-state index in [9.17, 15) is 0 Å². The monoisotopic (exact) mass is 173 g/mol. The van der Waals surface area contributed by atoms with Crippen molar-refractivity contribution in [2.75, 3.05) is 0 Å². The summed E-state index contributed by atoms with van der Waals surface area (Å²) in [7, 11) is 0. The molecule has 0 spiro atoms. The van der Waals surface area contributed by atoms with E-state index in [0.717, 1.165) is 18.5 Å². The second kappa shape index (κ2) is 3.65. The summed E-state index contributed by atoms with van der Waals surface area (Å²) in [6, 6.07) is 10.7. The molecule has 2 rings (SSSR count). The highest BCUT2D eigenvalue weighted by molar-refractivity contribution is 5.22. The van der Waals surface area contributed by atoms with Gasteiger partial charge in [-0.1, -0.05) is 36.4 Å². The number of hydrogen-bond donors (Lipinski definition) is 1. The van der Waals surface area contributed by atoms with Crippen LogP contribution in [0.1, 0.15) is 30.7 Å². The van der Waals surface area contributed by atoms with E-state index >= 15 is 0 Å². The fourth-order valence-electron chi connectivity index (χ4n) is 1.88. The normalized spacial score (nSPS) is 22.5. The van der Waals surface area contributed by atoms with E-state index in [1.807, 2.05) is 0 Å². The van der Waals surface area contributed by atoms with Crippen LogP contribution in [0.5, 0.6) is 0 Å². The summed E-state index contributed by atoms with van der Waals surface area (Å²) in [5, 5.41) is 0. The van der Waals surface area contributed by atoms with E-state index in [1.165, 1.54) is 12.0 Å². The van der Waals surface area contributed by atoms with Gasteiger partial charge in [-0.25, -0.2) is 0 Å². The minimum atomic E-state index is 0.688. The van der Waals surface area contributed by atoms with Crippen LogP contribution in [0.4, 0.5) is 0 Å². The van der Waals surface area contributed by atoms with Crippen LogP contribution in [0.25, 0.3) is 0 Å². The van der Waals surface area contributed by atoms with Crippen molar-refractivity contribution in [3.8, 4) is 0 Å². The predicted octanol–water partition coefficient (Wildman–Crippen LogP) is 2.80. The third kappa shape index (κ3) is 1.92. The summed E-state index contributed by atoms with van der Waals surface area (Å²) >= 11 is 0. The summed E-state index contributed by atoms with van der Waals surface area (Å²) in [6.07, 6.45) is 5.53. The molecule has 0 bridgehead atoms. The number of nitrogens with two attached hydrogens (primary N) is 1. The van der Waals surface area contributed by atoms with Gasteiger partial charge in [-0.15, -0.1) is 0 Å². The van der Waals surface area contributed by atoms with Gasteiger partial charge in [0, 0.05) is 5.70 Å². The average molecular weight is 173 g/mol. The molecule has 1 unspecified atom stereocenters. The largest absolute Gasteiger partial charge is 0.402 e. The molecule has 0 radical (unpaired) electrons. The highest BCUT2D eigenvalue weighted by Crippen LogP contribution is 2.30. The van der Waals surface area contributed by atoms with Crippen LogP contribution < -0.4 is 5.73 Å². The van der Waals surface area contributed by atoms with Crippen LogP contribution in [0.2, 0.25) is 0 Å². The van der Waals surface area contributed by atoms with Crippen molar-refractivity contribution >= 4 is 0 Å². The Balaban J connectivity index is 2.12. The molecule has 1 aromatic rings. The first-order valence-corrected chi connectivity index (χ1v) is 4.86. The lowest BCUT2D eigenvalue weighted by Crippen LogP contribution is -2.08. The van der Waals surface area contributed by atoms with Crippen LogP contribution in [0, 0.1) is 0 Å². The smallest absolute Gasteiger partial charge is 0.00404 e. The topological polar surface area (TPSA) is 26.0 Å². The van der Waals surface area contributed by atoms with Crippen molar-refractivity contribution in [2.24, 2.45) is 5.73 Å². The number of rotatable bonds is 1. The third-order valence-electron chi connectivity index (χ3n) is 2.72. The van der Waals surface area contributed by atoms with E-state index in [-0.39, 0.29) is 0 Å². The van der Waals surface area contributed by atoms with Gasteiger partial charge in [0.25, 0.3) is 0 Å². The molecule has 1 aromatic carbocycles. The standard InChI is InChI=1S/C12H15N/c13-12-8-6-11(7-9-12)10-4-2-1-3-5-10/h1-5,8,11H,6-7,9,13H2. The Morgan fingerprint density at radius 2 is 1.92 bits per heavy atom. The van der Waals surface area contributed by atoms with Gasteiger partial charge < -0.3 is 5.73 Å². The minimum Gasteiger partial charge on any atom is -0.402 e. The second-order valence-corrected chi connectivity index (χ2v) is 3.66. The van der Waals surface area contributed by atoms with Gasteiger partial charge in [0.15, 0.2) is 0 Å². The molecule has 13 heavy (non-hydrogen) atoms. The Bertz CT molecular complexity index is 300. The lowest BCUT2D eigenvalue weighted by atomic mass is 9.87.